The lowest BCUT2D eigenvalue weighted by Gasteiger charge is -2.38. The lowest BCUT2D eigenvalue weighted by Crippen LogP contribution is -2.53. The number of imide groups is 1. The molecular weight excluding hydrogens is 444 g/mol. The van der Waals surface area contributed by atoms with Gasteiger partial charge in [-0.2, -0.15) is 4.90 Å². The van der Waals surface area contributed by atoms with Crippen molar-refractivity contribution in [2.75, 3.05) is 4.90 Å². The fraction of sp³-hybridized carbons (Fsp3) is 0.625. The first kappa shape index (κ1) is 27.1. The zero-order chi connectivity index (χ0) is 26.3. The number of amides is 2. The van der Waals surface area contributed by atoms with Crippen LogP contribution in [0.1, 0.15) is 73.4 Å². The molecule has 1 aromatic rings. The van der Waals surface area contributed by atoms with E-state index in [2.05, 4.69) is 4.98 Å². The Morgan fingerprint density at radius 3 is 1.76 bits per heavy atom. The largest absolute Gasteiger partial charge is 0.443 e. The van der Waals surface area contributed by atoms with E-state index in [-0.39, 0.29) is 12.2 Å². The molecule has 0 aromatic carbocycles. The van der Waals surface area contributed by atoms with E-state index in [9.17, 15) is 19.2 Å². The van der Waals surface area contributed by atoms with E-state index in [0.29, 0.717) is 11.1 Å². The molecule has 188 valence electrons. The summed E-state index contributed by atoms with van der Waals surface area (Å²) in [6, 6.07) is 1.62. The zero-order valence-electron chi connectivity index (χ0n) is 21.5. The fourth-order valence-electron chi connectivity index (χ4n) is 3.15. The molecule has 34 heavy (non-hydrogen) atoms. The number of nitrogens with zero attached hydrogens (tertiary/aromatic N) is 2. The van der Waals surface area contributed by atoms with Crippen LogP contribution in [-0.4, -0.2) is 46.1 Å². The van der Waals surface area contributed by atoms with E-state index in [1.807, 2.05) is 0 Å². The Labute approximate surface area is 199 Å². The van der Waals surface area contributed by atoms with Gasteiger partial charge in [0.05, 0.1) is 0 Å². The van der Waals surface area contributed by atoms with Crippen molar-refractivity contribution in [1.29, 1.82) is 0 Å². The number of aryl methyl sites for hydroxylation is 1. The predicted octanol–water partition coefficient (Wildman–Crippen LogP) is 4.45. The average Bonchev–Trinajstić information content (AvgIpc) is 2.58. The van der Waals surface area contributed by atoms with Crippen molar-refractivity contribution < 1.29 is 38.1 Å². The topological polar surface area (TPSA) is 121 Å². The summed E-state index contributed by atoms with van der Waals surface area (Å²) >= 11 is 0. The number of anilines is 1. The number of carbonyl (C=O) groups is 4. The maximum absolute atomic E-state index is 12.9. The third-order valence-corrected chi connectivity index (χ3v) is 4.61. The molecule has 1 aliphatic heterocycles. The second-order valence-corrected chi connectivity index (χ2v) is 11.0. The van der Waals surface area contributed by atoms with E-state index < -0.39 is 46.5 Å². The predicted molar refractivity (Wildman–Crippen MR) is 122 cm³/mol. The fourth-order valence-corrected chi connectivity index (χ4v) is 3.15. The highest BCUT2D eigenvalue weighted by Gasteiger charge is 2.53. The zero-order valence-corrected chi connectivity index (χ0v) is 21.5. The van der Waals surface area contributed by atoms with Gasteiger partial charge < -0.3 is 18.9 Å². The summed E-state index contributed by atoms with van der Waals surface area (Å²) in [5.74, 6) is -2.75. The van der Waals surface area contributed by atoms with Gasteiger partial charge in [0, 0.05) is 26.5 Å². The Bertz CT molecular complexity index is 953. The summed E-state index contributed by atoms with van der Waals surface area (Å²) in [6.07, 6.45) is -0.568. The number of cyclic esters (lactones) is 2. The van der Waals surface area contributed by atoms with Crippen LogP contribution in [0.2, 0.25) is 0 Å². The van der Waals surface area contributed by atoms with Gasteiger partial charge in [0.15, 0.2) is 11.2 Å². The molecule has 10 heteroatoms. The number of esters is 2. The summed E-state index contributed by atoms with van der Waals surface area (Å²) in [5.41, 5.74) is -2.37. The molecule has 1 aromatic heterocycles. The molecule has 0 aliphatic carbocycles. The van der Waals surface area contributed by atoms with Crippen molar-refractivity contribution in [3.8, 4) is 0 Å². The highest BCUT2D eigenvalue weighted by Crippen LogP contribution is 2.35. The second-order valence-electron chi connectivity index (χ2n) is 11.0. The molecule has 0 radical (unpaired) electrons. The van der Waals surface area contributed by atoms with E-state index in [4.69, 9.17) is 18.9 Å². The number of pyridine rings is 1. The first-order chi connectivity index (χ1) is 15.2. The molecule has 0 bridgehead atoms. The first-order valence-electron chi connectivity index (χ1n) is 10.9. The van der Waals surface area contributed by atoms with Crippen LogP contribution in [0.5, 0.6) is 0 Å². The SMILES string of the molecule is Cc1cc(CC2(C)C(=O)OC(C)(C)OC2=O)cnc1N(C(=O)OC(C)(C)C)C(=O)OC(C)(C)C. The minimum Gasteiger partial charge on any atom is -0.443 e. The lowest BCUT2D eigenvalue weighted by molar-refractivity contribution is -0.249. The monoisotopic (exact) mass is 478 g/mol. The van der Waals surface area contributed by atoms with Crippen LogP contribution < -0.4 is 4.90 Å². The van der Waals surface area contributed by atoms with Crippen LogP contribution in [0.15, 0.2) is 12.3 Å². The number of hydrogen-bond acceptors (Lipinski definition) is 9. The Kier molecular flexibility index (Phi) is 7.07. The molecule has 1 fully saturated rings. The minimum absolute atomic E-state index is 0.00679. The van der Waals surface area contributed by atoms with Gasteiger partial charge in [-0.15, -0.1) is 0 Å². The Morgan fingerprint density at radius 2 is 1.38 bits per heavy atom. The van der Waals surface area contributed by atoms with Gasteiger partial charge in [0.25, 0.3) is 5.79 Å². The summed E-state index contributed by atoms with van der Waals surface area (Å²) < 4.78 is 21.3. The second kappa shape index (κ2) is 8.88. The quantitative estimate of drug-likeness (QED) is 0.352. The van der Waals surface area contributed by atoms with Crippen LogP contribution in [0.3, 0.4) is 0 Å². The normalized spacial score (nSPS) is 17.4. The number of hydrogen-bond donors (Lipinski definition) is 0. The number of rotatable bonds is 3. The highest BCUT2D eigenvalue weighted by atomic mass is 16.7. The van der Waals surface area contributed by atoms with Crippen LogP contribution in [0, 0.1) is 12.3 Å². The van der Waals surface area contributed by atoms with Crippen LogP contribution >= 0.6 is 0 Å². The van der Waals surface area contributed by atoms with Crippen molar-refractivity contribution in [2.45, 2.75) is 92.6 Å². The lowest BCUT2D eigenvalue weighted by atomic mass is 9.83. The van der Waals surface area contributed by atoms with Gasteiger partial charge in [-0.05, 0) is 66.5 Å². The van der Waals surface area contributed by atoms with E-state index in [1.54, 1.807) is 54.5 Å². The number of carbonyl (C=O) groups excluding carboxylic acids is 4. The molecule has 2 heterocycles. The number of ether oxygens (including phenoxy) is 4. The van der Waals surface area contributed by atoms with Crippen LogP contribution in [0.25, 0.3) is 0 Å². The van der Waals surface area contributed by atoms with Gasteiger partial charge in [0.2, 0.25) is 0 Å². The first-order valence-corrected chi connectivity index (χ1v) is 10.9. The smallest absolute Gasteiger partial charge is 0.425 e. The molecule has 2 amide bonds. The molecule has 10 nitrogen and oxygen atoms in total. The van der Waals surface area contributed by atoms with Gasteiger partial charge in [0.1, 0.15) is 11.2 Å². The van der Waals surface area contributed by atoms with Crippen molar-refractivity contribution >= 4 is 29.9 Å². The van der Waals surface area contributed by atoms with Crippen molar-refractivity contribution in [3.05, 3.63) is 23.4 Å². The summed E-state index contributed by atoms with van der Waals surface area (Å²) in [6.45, 7) is 16.1. The molecule has 1 saturated heterocycles. The van der Waals surface area contributed by atoms with Crippen molar-refractivity contribution in [1.82, 2.24) is 4.98 Å². The third-order valence-electron chi connectivity index (χ3n) is 4.61. The van der Waals surface area contributed by atoms with E-state index >= 15 is 0 Å². The molecule has 2 rings (SSSR count). The molecular formula is C24H34N2O8. The Balaban J connectivity index is 2.40. The molecule has 0 saturated carbocycles. The minimum atomic E-state index is -1.57. The standard InChI is InChI=1S/C24H34N2O8/c1-14-11-15(12-24(10)17(27)31-23(8,9)32-18(24)28)13-25-16(14)26(19(29)33-21(2,3)4)20(30)34-22(5,6)7/h11,13H,12H2,1-10H3. The van der Waals surface area contributed by atoms with Crippen molar-refractivity contribution in [3.63, 3.8) is 0 Å². The van der Waals surface area contributed by atoms with Gasteiger partial charge >= 0.3 is 24.1 Å². The van der Waals surface area contributed by atoms with Gasteiger partial charge in [-0.3, -0.25) is 9.59 Å². The molecule has 0 unspecified atom stereocenters. The van der Waals surface area contributed by atoms with Crippen molar-refractivity contribution in [2.24, 2.45) is 5.41 Å². The Morgan fingerprint density at radius 1 is 0.941 bits per heavy atom. The third kappa shape index (κ3) is 6.45. The van der Waals surface area contributed by atoms with Crippen LogP contribution in [-0.2, 0) is 35.0 Å². The summed E-state index contributed by atoms with van der Waals surface area (Å²) in [7, 11) is 0. The summed E-state index contributed by atoms with van der Waals surface area (Å²) in [5, 5.41) is 0. The maximum atomic E-state index is 12.9. The van der Waals surface area contributed by atoms with Crippen LogP contribution in [0.4, 0.5) is 15.4 Å². The van der Waals surface area contributed by atoms with Gasteiger partial charge in [-0.25, -0.2) is 14.6 Å². The molecule has 0 spiro atoms. The average molecular weight is 479 g/mol. The molecule has 1 aliphatic rings. The summed E-state index contributed by atoms with van der Waals surface area (Å²) in [4.78, 5) is 55.9. The number of aromatic nitrogens is 1. The Hall–Kier alpha value is -3.17. The van der Waals surface area contributed by atoms with Gasteiger partial charge in [-0.1, -0.05) is 6.07 Å². The van der Waals surface area contributed by atoms with E-state index in [1.165, 1.54) is 27.0 Å². The molecule has 0 atom stereocenters. The van der Waals surface area contributed by atoms with E-state index in [0.717, 1.165) is 4.90 Å². The highest BCUT2D eigenvalue weighted by molar-refractivity contribution is 6.09. The maximum Gasteiger partial charge on any atom is 0.425 e. The molecule has 0 N–H and O–H groups in total.